The Morgan fingerprint density at radius 2 is 2.00 bits per heavy atom. The van der Waals surface area contributed by atoms with Gasteiger partial charge in [-0.2, -0.15) is 9.78 Å². The lowest BCUT2D eigenvalue weighted by Crippen LogP contribution is -2.23. The van der Waals surface area contributed by atoms with Crippen LogP contribution in [0.25, 0.3) is 10.9 Å². The van der Waals surface area contributed by atoms with Crippen LogP contribution >= 0.6 is 31.9 Å². The van der Waals surface area contributed by atoms with Crippen LogP contribution in [0.2, 0.25) is 0 Å². The molecule has 3 aromatic carbocycles. The van der Waals surface area contributed by atoms with E-state index in [4.69, 9.17) is 9.72 Å². The molecule has 4 aromatic rings. The zero-order chi connectivity index (χ0) is 26.5. The third-order valence-electron chi connectivity index (χ3n) is 5.63. The van der Waals surface area contributed by atoms with Gasteiger partial charge in [-0.1, -0.05) is 35.8 Å². The number of aromatic nitrogens is 2. The van der Waals surface area contributed by atoms with E-state index in [1.54, 1.807) is 36.5 Å². The molecule has 0 saturated heterocycles. The van der Waals surface area contributed by atoms with Gasteiger partial charge in [-0.3, -0.25) is 9.59 Å². The van der Waals surface area contributed by atoms with E-state index in [9.17, 15) is 14.0 Å². The highest BCUT2D eigenvalue weighted by Crippen LogP contribution is 2.26. The van der Waals surface area contributed by atoms with Gasteiger partial charge in [0.25, 0.3) is 11.5 Å². The van der Waals surface area contributed by atoms with Crippen molar-refractivity contribution in [2.75, 3.05) is 11.9 Å². The van der Waals surface area contributed by atoms with Crippen LogP contribution in [0.15, 0.2) is 79.5 Å². The first kappa shape index (κ1) is 26.7. The minimum absolute atomic E-state index is 0.0268. The van der Waals surface area contributed by atoms with E-state index in [-0.39, 0.29) is 18.1 Å². The van der Waals surface area contributed by atoms with Gasteiger partial charge in [0.15, 0.2) is 6.61 Å². The first-order valence-electron chi connectivity index (χ1n) is 11.5. The molecular formula is C27H23Br2FN4O3. The number of ether oxygens (including phenoxy) is 1. The van der Waals surface area contributed by atoms with Gasteiger partial charge in [-0.25, -0.2) is 9.37 Å². The summed E-state index contributed by atoms with van der Waals surface area (Å²) >= 11 is 6.86. The number of fused-ring (bicyclic) bond motifs is 1. The summed E-state index contributed by atoms with van der Waals surface area (Å²) in [5, 5.41) is 7.52. The molecule has 0 unspecified atom stereocenters. The predicted octanol–water partition coefficient (Wildman–Crippen LogP) is 6.47. The molecule has 0 aliphatic heterocycles. The highest BCUT2D eigenvalue weighted by Gasteiger charge is 2.16. The number of halogens is 3. The van der Waals surface area contributed by atoms with Crippen LogP contribution in [0.3, 0.4) is 0 Å². The Balaban J connectivity index is 1.53. The molecule has 0 saturated carbocycles. The second-order valence-electron chi connectivity index (χ2n) is 8.34. The number of hydrogen-bond donors (Lipinski definition) is 1. The molecule has 1 N–H and O–H groups in total. The molecule has 1 aromatic heterocycles. The Morgan fingerprint density at radius 3 is 2.73 bits per heavy atom. The van der Waals surface area contributed by atoms with Gasteiger partial charge in [0.2, 0.25) is 0 Å². The number of benzene rings is 3. The van der Waals surface area contributed by atoms with Crippen LogP contribution < -0.4 is 15.6 Å². The van der Waals surface area contributed by atoms with Crippen molar-refractivity contribution in [1.29, 1.82) is 0 Å². The number of nitrogens with zero attached hydrogens (tertiary/aromatic N) is 3. The second-order valence-corrected chi connectivity index (χ2v) is 10.1. The SMILES string of the molecule is CC[C@H](C)c1nc2ccc(Br)cc2c(=O)n1N=Cc1ccc(OCC(=O)Nc2cccc(F)c2)c(Br)c1. The van der Waals surface area contributed by atoms with Crippen molar-refractivity contribution < 1.29 is 13.9 Å². The Kier molecular flexibility index (Phi) is 8.50. The Labute approximate surface area is 229 Å². The zero-order valence-electron chi connectivity index (χ0n) is 20.0. The number of carbonyl (C=O) groups is 1. The van der Waals surface area contributed by atoms with E-state index < -0.39 is 11.7 Å². The molecule has 0 spiro atoms. The lowest BCUT2D eigenvalue weighted by atomic mass is 10.1. The number of anilines is 1. The summed E-state index contributed by atoms with van der Waals surface area (Å²) in [4.78, 5) is 30.1. The highest BCUT2D eigenvalue weighted by atomic mass is 79.9. The maximum Gasteiger partial charge on any atom is 0.282 e. The molecule has 1 heterocycles. The molecule has 4 rings (SSSR count). The maximum atomic E-state index is 13.3. The summed E-state index contributed by atoms with van der Waals surface area (Å²) in [6.45, 7) is 3.78. The largest absolute Gasteiger partial charge is 0.483 e. The summed E-state index contributed by atoms with van der Waals surface area (Å²) < 4.78 is 21.6. The lowest BCUT2D eigenvalue weighted by molar-refractivity contribution is -0.118. The first-order valence-corrected chi connectivity index (χ1v) is 13.1. The van der Waals surface area contributed by atoms with Gasteiger partial charge >= 0.3 is 0 Å². The van der Waals surface area contributed by atoms with Gasteiger partial charge < -0.3 is 10.1 Å². The van der Waals surface area contributed by atoms with E-state index in [0.717, 1.165) is 10.9 Å². The summed E-state index contributed by atoms with van der Waals surface area (Å²) in [5.41, 5.74) is 1.43. The molecule has 1 atom stereocenters. The number of carbonyl (C=O) groups excluding carboxylic acids is 1. The van der Waals surface area contributed by atoms with Crippen LogP contribution in [0.5, 0.6) is 5.75 Å². The minimum atomic E-state index is -0.440. The third kappa shape index (κ3) is 6.50. The fraction of sp³-hybridized carbons (Fsp3) is 0.185. The molecule has 10 heteroatoms. The standard InChI is InChI=1S/C27H23Br2FN4O3/c1-3-16(2)26-33-23-9-8-18(28)12-21(23)27(36)34(26)31-14-17-7-10-24(22(29)11-17)37-15-25(35)32-20-6-4-5-19(30)13-20/h4-14,16H,3,15H2,1-2H3,(H,32,35)/t16-/m0/s1. The maximum absolute atomic E-state index is 13.3. The van der Waals surface area contributed by atoms with E-state index in [2.05, 4.69) is 42.3 Å². The van der Waals surface area contributed by atoms with Crippen molar-refractivity contribution in [2.24, 2.45) is 5.10 Å². The second kappa shape index (κ2) is 11.8. The molecular weight excluding hydrogens is 607 g/mol. The minimum Gasteiger partial charge on any atom is -0.483 e. The van der Waals surface area contributed by atoms with Crippen LogP contribution in [0.4, 0.5) is 10.1 Å². The van der Waals surface area contributed by atoms with Gasteiger partial charge in [0.1, 0.15) is 17.4 Å². The summed E-state index contributed by atoms with van der Waals surface area (Å²) in [6, 6.07) is 16.2. The Morgan fingerprint density at radius 1 is 1.19 bits per heavy atom. The van der Waals surface area contributed by atoms with E-state index >= 15 is 0 Å². The van der Waals surface area contributed by atoms with Crippen molar-refractivity contribution in [3.8, 4) is 5.75 Å². The molecule has 0 aliphatic rings. The van der Waals surface area contributed by atoms with Crippen LogP contribution in [-0.2, 0) is 4.79 Å². The van der Waals surface area contributed by atoms with Crippen molar-refractivity contribution in [3.05, 3.63) is 97.2 Å². The van der Waals surface area contributed by atoms with Crippen molar-refractivity contribution in [3.63, 3.8) is 0 Å². The molecule has 0 fully saturated rings. The first-order chi connectivity index (χ1) is 17.7. The fourth-order valence-electron chi connectivity index (χ4n) is 3.52. The molecule has 37 heavy (non-hydrogen) atoms. The van der Waals surface area contributed by atoms with Gasteiger partial charge in [0.05, 0.1) is 21.6 Å². The van der Waals surface area contributed by atoms with Gasteiger partial charge in [-0.15, -0.1) is 0 Å². The molecule has 0 bridgehead atoms. The number of hydrogen-bond acceptors (Lipinski definition) is 5. The van der Waals surface area contributed by atoms with Crippen molar-refractivity contribution in [2.45, 2.75) is 26.2 Å². The quantitative estimate of drug-likeness (QED) is 0.226. The average molecular weight is 630 g/mol. The monoisotopic (exact) mass is 628 g/mol. The number of nitrogens with one attached hydrogen (secondary N) is 1. The van der Waals surface area contributed by atoms with Crippen LogP contribution in [0.1, 0.15) is 37.6 Å². The molecule has 0 aliphatic carbocycles. The summed E-state index contributed by atoms with van der Waals surface area (Å²) in [7, 11) is 0. The summed E-state index contributed by atoms with van der Waals surface area (Å²) in [6.07, 6.45) is 2.37. The molecule has 190 valence electrons. The van der Waals surface area contributed by atoms with E-state index in [1.807, 2.05) is 26.0 Å². The van der Waals surface area contributed by atoms with Crippen molar-refractivity contribution in [1.82, 2.24) is 9.66 Å². The number of rotatable bonds is 8. The van der Waals surface area contributed by atoms with Crippen LogP contribution in [0, 0.1) is 5.82 Å². The van der Waals surface area contributed by atoms with E-state index in [1.165, 1.54) is 22.9 Å². The Hall–Kier alpha value is -3.37. The third-order valence-corrected chi connectivity index (χ3v) is 6.74. The molecule has 0 radical (unpaired) electrons. The van der Waals surface area contributed by atoms with Crippen molar-refractivity contribution >= 4 is 60.6 Å². The van der Waals surface area contributed by atoms with Crippen LogP contribution in [-0.4, -0.2) is 28.4 Å². The predicted molar refractivity (Wildman–Crippen MR) is 150 cm³/mol. The topological polar surface area (TPSA) is 85.6 Å². The fourth-order valence-corrected chi connectivity index (χ4v) is 4.40. The normalized spacial score (nSPS) is 12.1. The lowest BCUT2D eigenvalue weighted by Gasteiger charge is -2.14. The van der Waals surface area contributed by atoms with Gasteiger partial charge in [0, 0.05) is 16.1 Å². The number of amides is 1. The summed E-state index contributed by atoms with van der Waals surface area (Å²) in [5.74, 6) is 0.196. The Bertz CT molecular complexity index is 1550. The smallest absolute Gasteiger partial charge is 0.282 e. The highest BCUT2D eigenvalue weighted by molar-refractivity contribution is 9.10. The molecule has 1 amide bonds. The van der Waals surface area contributed by atoms with Gasteiger partial charge in [-0.05, 0) is 82.5 Å². The average Bonchev–Trinajstić information content (AvgIpc) is 2.87. The zero-order valence-corrected chi connectivity index (χ0v) is 23.2. The van der Waals surface area contributed by atoms with E-state index in [0.29, 0.717) is 38.2 Å². The molecule has 7 nitrogen and oxygen atoms in total.